The number of carbonyl (C=O) groups excluding carboxylic acids is 1. The number of nitrogens with one attached hydrogen (secondary N) is 2. The van der Waals surface area contributed by atoms with Crippen molar-refractivity contribution in [1.82, 2.24) is 10.6 Å². The zero-order valence-corrected chi connectivity index (χ0v) is 4.88. The molecule has 0 radical (unpaired) electrons. The van der Waals surface area contributed by atoms with E-state index in [1.807, 2.05) is 0 Å². The van der Waals surface area contributed by atoms with Gasteiger partial charge in [-0.1, -0.05) is 0 Å². The van der Waals surface area contributed by atoms with E-state index in [9.17, 15) is 4.79 Å². The topological polar surface area (TPSA) is 73.7 Å². The molecule has 1 aliphatic heterocycles. The molecule has 1 saturated heterocycles. The first-order valence-corrected chi connectivity index (χ1v) is 2.46. The molecule has 5 nitrogen and oxygen atoms in total. The number of aliphatic hydroxyl groups is 1. The predicted molar refractivity (Wildman–Crippen MR) is 30.6 cm³/mol. The van der Waals surface area contributed by atoms with E-state index in [-0.39, 0.29) is 0 Å². The molecule has 0 aliphatic carbocycles. The van der Waals surface area contributed by atoms with Gasteiger partial charge in [-0.2, -0.15) is 0 Å². The molecule has 1 unspecified atom stereocenters. The number of aliphatic hydroxyl groups excluding tert-OH is 1. The van der Waals surface area contributed by atoms with Gasteiger partial charge in [0, 0.05) is 7.05 Å². The van der Waals surface area contributed by atoms with Crippen LogP contribution in [-0.2, 0) is 4.79 Å². The summed E-state index contributed by atoms with van der Waals surface area (Å²) in [7, 11) is 1.51. The van der Waals surface area contributed by atoms with E-state index in [1.54, 1.807) is 0 Å². The normalized spacial score (nSPS) is 30.2. The SMILES string of the molecule is CN=C1NC(=O)C(O)N1. The van der Waals surface area contributed by atoms with Gasteiger partial charge < -0.3 is 10.4 Å². The van der Waals surface area contributed by atoms with E-state index < -0.39 is 12.1 Å². The van der Waals surface area contributed by atoms with Crippen LogP contribution in [0.2, 0.25) is 0 Å². The molecule has 0 bridgehead atoms. The maximum Gasteiger partial charge on any atom is 0.276 e. The first-order chi connectivity index (χ1) is 4.24. The Morgan fingerprint density at radius 2 is 2.44 bits per heavy atom. The van der Waals surface area contributed by atoms with Crippen molar-refractivity contribution < 1.29 is 9.90 Å². The smallest absolute Gasteiger partial charge is 0.276 e. The standard InChI is InChI=1S/C4H7N3O2/c1-5-4-6-2(8)3(9)7-4/h2,8H,1H3,(H2,5,6,7,9). The summed E-state index contributed by atoms with van der Waals surface area (Å²) in [6.45, 7) is 0. The molecule has 9 heavy (non-hydrogen) atoms. The van der Waals surface area contributed by atoms with Crippen molar-refractivity contribution in [3.63, 3.8) is 0 Å². The number of hydrogen-bond acceptors (Lipinski definition) is 3. The maximum atomic E-state index is 10.4. The van der Waals surface area contributed by atoms with Gasteiger partial charge in [0.2, 0.25) is 6.23 Å². The number of aliphatic imine (C=N–C) groups is 1. The Labute approximate surface area is 51.8 Å². The van der Waals surface area contributed by atoms with Crippen molar-refractivity contribution >= 4 is 11.9 Å². The molecule has 5 heteroatoms. The third-order valence-electron chi connectivity index (χ3n) is 0.987. The molecule has 0 aromatic rings. The van der Waals surface area contributed by atoms with Crippen LogP contribution in [0.1, 0.15) is 0 Å². The molecule has 0 aromatic carbocycles. The summed E-state index contributed by atoms with van der Waals surface area (Å²) in [6, 6.07) is 0. The molecular weight excluding hydrogens is 122 g/mol. The van der Waals surface area contributed by atoms with Crippen molar-refractivity contribution in [1.29, 1.82) is 0 Å². The first-order valence-electron chi connectivity index (χ1n) is 2.46. The first kappa shape index (κ1) is 6.03. The molecule has 0 spiro atoms. The molecule has 1 heterocycles. The van der Waals surface area contributed by atoms with Gasteiger partial charge in [0.25, 0.3) is 5.91 Å². The highest BCUT2D eigenvalue weighted by Crippen LogP contribution is 1.85. The van der Waals surface area contributed by atoms with Gasteiger partial charge in [0.15, 0.2) is 5.96 Å². The average molecular weight is 129 g/mol. The molecule has 50 valence electrons. The largest absolute Gasteiger partial charge is 0.365 e. The fourth-order valence-electron chi connectivity index (χ4n) is 0.537. The second-order valence-corrected chi connectivity index (χ2v) is 1.61. The monoisotopic (exact) mass is 129 g/mol. The van der Waals surface area contributed by atoms with Crippen molar-refractivity contribution in [2.45, 2.75) is 6.23 Å². The Morgan fingerprint density at radius 3 is 2.67 bits per heavy atom. The number of rotatable bonds is 0. The highest BCUT2D eigenvalue weighted by molar-refractivity contribution is 6.05. The summed E-state index contributed by atoms with van der Waals surface area (Å²) in [5, 5.41) is 13.4. The number of amides is 1. The fraction of sp³-hybridized carbons (Fsp3) is 0.500. The number of hydrogen-bond donors (Lipinski definition) is 3. The Bertz CT molecular complexity index is 165. The second kappa shape index (κ2) is 2.02. The predicted octanol–water partition coefficient (Wildman–Crippen LogP) is -1.99. The molecule has 0 saturated carbocycles. The Kier molecular flexibility index (Phi) is 1.35. The molecular formula is C4H7N3O2. The van der Waals surface area contributed by atoms with Gasteiger partial charge in [-0.05, 0) is 0 Å². The Balaban J connectivity index is 2.65. The van der Waals surface area contributed by atoms with E-state index in [2.05, 4.69) is 15.6 Å². The van der Waals surface area contributed by atoms with Crippen LogP contribution in [-0.4, -0.2) is 30.2 Å². The third-order valence-corrected chi connectivity index (χ3v) is 0.987. The minimum atomic E-state index is -1.14. The van der Waals surface area contributed by atoms with Crippen molar-refractivity contribution in [3.05, 3.63) is 0 Å². The second-order valence-electron chi connectivity index (χ2n) is 1.61. The van der Waals surface area contributed by atoms with E-state index in [0.29, 0.717) is 5.96 Å². The summed E-state index contributed by atoms with van der Waals surface area (Å²) < 4.78 is 0. The summed E-state index contributed by atoms with van der Waals surface area (Å²) in [5.74, 6) is -0.150. The molecule has 3 N–H and O–H groups in total. The van der Waals surface area contributed by atoms with Gasteiger partial charge in [-0.15, -0.1) is 0 Å². The lowest BCUT2D eigenvalue weighted by atomic mass is 10.6. The highest BCUT2D eigenvalue weighted by atomic mass is 16.3. The fourth-order valence-corrected chi connectivity index (χ4v) is 0.537. The van der Waals surface area contributed by atoms with Crippen molar-refractivity contribution in [2.24, 2.45) is 4.99 Å². The summed E-state index contributed by atoms with van der Waals surface area (Å²) >= 11 is 0. The third kappa shape index (κ3) is 0.996. The Hall–Kier alpha value is -1.10. The molecule has 1 amide bonds. The van der Waals surface area contributed by atoms with E-state index in [0.717, 1.165) is 0 Å². The lowest BCUT2D eigenvalue weighted by molar-refractivity contribution is -0.126. The molecule has 1 aliphatic rings. The Morgan fingerprint density at radius 1 is 1.78 bits per heavy atom. The van der Waals surface area contributed by atoms with Gasteiger partial charge >= 0.3 is 0 Å². The lowest BCUT2D eigenvalue weighted by Gasteiger charge is -1.93. The van der Waals surface area contributed by atoms with E-state index >= 15 is 0 Å². The van der Waals surface area contributed by atoms with Gasteiger partial charge in [0.1, 0.15) is 0 Å². The average Bonchev–Trinajstić information content (AvgIpc) is 2.13. The maximum absolute atomic E-state index is 10.4. The minimum absolute atomic E-state index is 0.313. The molecule has 0 aromatic heterocycles. The minimum Gasteiger partial charge on any atom is -0.365 e. The van der Waals surface area contributed by atoms with Crippen LogP contribution in [0.3, 0.4) is 0 Å². The summed E-state index contributed by atoms with van der Waals surface area (Å²) in [4.78, 5) is 14.0. The summed E-state index contributed by atoms with van der Waals surface area (Å²) in [5.41, 5.74) is 0. The lowest BCUT2D eigenvalue weighted by Crippen LogP contribution is -2.28. The van der Waals surface area contributed by atoms with Crippen molar-refractivity contribution in [3.8, 4) is 0 Å². The van der Waals surface area contributed by atoms with E-state index in [4.69, 9.17) is 5.11 Å². The molecule has 1 fully saturated rings. The van der Waals surface area contributed by atoms with E-state index in [1.165, 1.54) is 7.05 Å². The van der Waals surface area contributed by atoms with Crippen LogP contribution in [0.25, 0.3) is 0 Å². The van der Waals surface area contributed by atoms with Gasteiger partial charge in [-0.3, -0.25) is 15.1 Å². The molecule has 1 rings (SSSR count). The zero-order chi connectivity index (χ0) is 6.85. The van der Waals surface area contributed by atoms with Crippen LogP contribution in [0.4, 0.5) is 0 Å². The number of nitrogens with zero attached hydrogens (tertiary/aromatic N) is 1. The van der Waals surface area contributed by atoms with Crippen LogP contribution in [0, 0.1) is 0 Å². The van der Waals surface area contributed by atoms with Crippen LogP contribution >= 0.6 is 0 Å². The molecule has 1 atom stereocenters. The van der Waals surface area contributed by atoms with Crippen LogP contribution in [0.15, 0.2) is 4.99 Å². The summed E-state index contributed by atoms with van der Waals surface area (Å²) in [6.07, 6.45) is -1.14. The van der Waals surface area contributed by atoms with Crippen LogP contribution in [0.5, 0.6) is 0 Å². The van der Waals surface area contributed by atoms with Crippen molar-refractivity contribution in [2.75, 3.05) is 7.05 Å². The number of carbonyl (C=O) groups is 1. The zero-order valence-electron chi connectivity index (χ0n) is 4.88. The highest BCUT2D eigenvalue weighted by Gasteiger charge is 2.24. The van der Waals surface area contributed by atoms with Gasteiger partial charge in [0.05, 0.1) is 0 Å². The quantitative estimate of drug-likeness (QED) is 0.354. The number of guanidine groups is 1. The van der Waals surface area contributed by atoms with Gasteiger partial charge in [-0.25, -0.2) is 0 Å². The van der Waals surface area contributed by atoms with Crippen LogP contribution < -0.4 is 10.6 Å².